The molecule has 1 unspecified atom stereocenters. The number of nitrogens with one attached hydrogen (secondary N) is 1. The third-order valence-electron chi connectivity index (χ3n) is 3.77. The van der Waals surface area contributed by atoms with Crippen LogP contribution in [0.1, 0.15) is 38.2 Å². The lowest BCUT2D eigenvalue weighted by molar-refractivity contribution is -0.139. The molecule has 3 nitrogen and oxygen atoms in total. The lowest BCUT2D eigenvalue weighted by Crippen LogP contribution is -2.43. The third kappa shape index (κ3) is 5.03. The normalized spacial score (nSPS) is 17.9. The second kappa shape index (κ2) is 6.71. The summed E-state index contributed by atoms with van der Waals surface area (Å²) in [5, 5.41) is 12.6. The molecular formula is C16H23NO2. The summed E-state index contributed by atoms with van der Waals surface area (Å²) in [4.78, 5) is 11.3. The van der Waals surface area contributed by atoms with E-state index in [0.717, 1.165) is 17.9 Å². The summed E-state index contributed by atoms with van der Waals surface area (Å²) >= 11 is 0. The Labute approximate surface area is 115 Å². The predicted molar refractivity (Wildman–Crippen MR) is 76.1 cm³/mol. The molecule has 0 aliphatic heterocycles. The van der Waals surface area contributed by atoms with Gasteiger partial charge in [0.15, 0.2) is 0 Å². The van der Waals surface area contributed by atoms with Gasteiger partial charge in [0.05, 0.1) is 0 Å². The van der Waals surface area contributed by atoms with Gasteiger partial charge in [0.1, 0.15) is 6.04 Å². The van der Waals surface area contributed by atoms with Crippen molar-refractivity contribution in [3.63, 3.8) is 0 Å². The van der Waals surface area contributed by atoms with Crippen molar-refractivity contribution in [1.29, 1.82) is 0 Å². The molecule has 0 heterocycles. The Morgan fingerprint density at radius 1 is 1.37 bits per heavy atom. The summed E-state index contributed by atoms with van der Waals surface area (Å²) in [5.74, 6) is 0.142. The summed E-state index contributed by atoms with van der Waals surface area (Å²) in [6, 6.07) is 9.58. The fourth-order valence-electron chi connectivity index (χ4n) is 2.39. The van der Waals surface area contributed by atoms with Gasteiger partial charge in [0.25, 0.3) is 0 Å². The molecule has 0 spiro atoms. The summed E-state index contributed by atoms with van der Waals surface area (Å²) in [6.45, 7) is 2.09. The summed E-state index contributed by atoms with van der Waals surface area (Å²) < 4.78 is 0. The average molecular weight is 261 g/mol. The van der Waals surface area contributed by atoms with Crippen LogP contribution in [0.4, 0.5) is 0 Å². The minimum Gasteiger partial charge on any atom is -0.480 e. The summed E-state index contributed by atoms with van der Waals surface area (Å²) in [7, 11) is 0. The number of hydrogen-bond donors (Lipinski definition) is 2. The Hall–Kier alpha value is -1.35. The highest BCUT2D eigenvalue weighted by atomic mass is 16.4. The second-order valence-electron chi connectivity index (χ2n) is 5.67. The minimum absolute atomic E-state index is 0.269. The number of aliphatic carboxylic acids is 1. The van der Waals surface area contributed by atoms with Crippen LogP contribution < -0.4 is 5.32 Å². The molecule has 2 rings (SSSR count). The van der Waals surface area contributed by atoms with Crippen molar-refractivity contribution in [3.8, 4) is 0 Å². The monoisotopic (exact) mass is 261 g/mol. The van der Waals surface area contributed by atoms with Gasteiger partial charge < -0.3 is 10.4 Å². The molecule has 0 radical (unpaired) electrons. The maximum absolute atomic E-state index is 11.3. The van der Waals surface area contributed by atoms with E-state index in [1.165, 1.54) is 19.3 Å². The van der Waals surface area contributed by atoms with Crippen molar-refractivity contribution in [2.75, 3.05) is 0 Å². The van der Waals surface area contributed by atoms with Crippen molar-refractivity contribution >= 4 is 5.97 Å². The molecule has 1 fully saturated rings. The molecular weight excluding hydrogens is 238 g/mol. The van der Waals surface area contributed by atoms with Crippen LogP contribution >= 0.6 is 0 Å². The molecule has 1 aromatic rings. The minimum atomic E-state index is -0.762. The quantitative estimate of drug-likeness (QED) is 0.756. The van der Waals surface area contributed by atoms with Crippen LogP contribution in [-0.2, 0) is 11.2 Å². The summed E-state index contributed by atoms with van der Waals surface area (Å²) in [5.41, 5.74) is 1.07. The first kappa shape index (κ1) is 14.1. The number of carboxylic acids is 1. The molecule has 1 aliphatic carbocycles. The van der Waals surface area contributed by atoms with E-state index < -0.39 is 12.0 Å². The standard InChI is InChI=1S/C16H23NO2/c1-12(7-8-13-9-10-13)17-15(16(18)19)11-14-5-3-2-4-6-14/h2-6,12-13,15,17H,7-11H2,1H3,(H,18,19)/t12?,15-/m0/s1. The lowest BCUT2D eigenvalue weighted by Gasteiger charge is -2.20. The zero-order valence-electron chi connectivity index (χ0n) is 11.5. The Bertz CT molecular complexity index is 400. The van der Waals surface area contributed by atoms with Crippen LogP contribution in [0.5, 0.6) is 0 Å². The highest BCUT2D eigenvalue weighted by Crippen LogP contribution is 2.33. The van der Waals surface area contributed by atoms with Crippen molar-refractivity contribution in [2.45, 2.75) is 51.1 Å². The molecule has 2 atom stereocenters. The molecule has 0 saturated heterocycles. The van der Waals surface area contributed by atoms with Crippen LogP contribution in [-0.4, -0.2) is 23.2 Å². The number of benzene rings is 1. The Kier molecular flexibility index (Phi) is 4.97. The van der Waals surface area contributed by atoms with E-state index in [1.807, 2.05) is 30.3 Å². The second-order valence-corrected chi connectivity index (χ2v) is 5.67. The molecule has 2 N–H and O–H groups in total. The Morgan fingerprint density at radius 3 is 2.63 bits per heavy atom. The smallest absolute Gasteiger partial charge is 0.321 e. The number of carbonyl (C=O) groups is 1. The van der Waals surface area contributed by atoms with E-state index in [0.29, 0.717) is 6.42 Å². The number of carboxylic acid groups (broad SMARTS) is 1. The average Bonchev–Trinajstić information content (AvgIpc) is 3.21. The maximum atomic E-state index is 11.3. The van der Waals surface area contributed by atoms with Gasteiger partial charge in [-0.1, -0.05) is 43.2 Å². The van der Waals surface area contributed by atoms with Crippen molar-refractivity contribution in [3.05, 3.63) is 35.9 Å². The molecule has 1 saturated carbocycles. The SMILES string of the molecule is CC(CCC1CC1)N[C@@H](Cc1ccccc1)C(=O)O. The molecule has 104 valence electrons. The predicted octanol–water partition coefficient (Wildman–Crippen LogP) is 2.85. The first-order chi connectivity index (χ1) is 9.15. The molecule has 3 heteroatoms. The maximum Gasteiger partial charge on any atom is 0.321 e. The van der Waals surface area contributed by atoms with Crippen LogP contribution in [0.25, 0.3) is 0 Å². The number of hydrogen-bond acceptors (Lipinski definition) is 2. The Balaban J connectivity index is 1.82. The van der Waals surface area contributed by atoms with Crippen LogP contribution in [0.3, 0.4) is 0 Å². The molecule has 0 aromatic heterocycles. The van der Waals surface area contributed by atoms with Gasteiger partial charge in [-0.25, -0.2) is 0 Å². The third-order valence-corrected chi connectivity index (χ3v) is 3.77. The summed E-state index contributed by atoms with van der Waals surface area (Å²) in [6.07, 6.45) is 5.57. The topological polar surface area (TPSA) is 49.3 Å². The van der Waals surface area contributed by atoms with Gasteiger partial charge in [-0.3, -0.25) is 4.79 Å². The largest absolute Gasteiger partial charge is 0.480 e. The van der Waals surface area contributed by atoms with E-state index >= 15 is 0 Å². The van der Waals surface area contributed by atoms with Gasteiger partial charge in [0, 0.05) is 6.04 Å². The highest BCUT2D eigenvalue weighted by Gasteiger charge is 2.24. The van der Waals surface area contributed by atoms with E-state index in [2.05, 4.69) is 12.2 Å². The lowest BCUT2D eigenvalue weighted by atomic mass is 10.0. The van der Waals surface area contributed by atoms with Gasteiger partial charge >= 0.3 is 5.97 Å². The molecule has 1 aliphatic rings. The zero-order chi connectivity index (χ0) is 13.7. The van der Waals surface area contributed by atoms with Crippen LogP contribution in [0.2, 0.25) is 0 Å². The first-order valence-electron chi connectivity index (χ1n) is 7.18. The van der Waals surface area contributed by atoms with Crippen LogP contribution in [0.15, 0.2) is 30.3 Å². The van der Waals surface area contributed by atoms with Crippen molar-refractivity contribution < 1.29 is 9.90 Å². The molecule has 0 bridgehead atoms. The van der Waals surface area contributed by atoms with E-state index in [-0.39, 0.29) is 6.04 Å². The van der Waals surface area contributed by atoms with Gasteiger partial charge in [-0.05, 0) is 37.7 Å². The molecule has 0 amide bonds. The molecule has 1 aromatic carbocycles. The van der Waals surface area contributed by atoms with Gasteiger partial charge in [0.2, 0.25) is 0 Å². The van der Waals surface area contributed by atoms with Crippen molar-refractivity contribution in [1.82, 2.24) is 5.32 Å². The van der Waals surface area contributed by atoms with Gasteiger partial charge in [-0.15, -0.1) is 0 Å². The van der Waals surface area contributed by atoms with Gasteiger partial charge in [-0.2, -0.15) is 0 Å². The van der Waals surface area contributed by atoms with E-state index in [1.54, 1.807) is 0 Å². The number of rotatable bonds is 8. The molecule has 19 heavy (non-hydrogen) atoms. The highest BCUT2D eigenvalue weighted by molar-refractivity contribution is 5.74. The first-order valence-corrected chi connectivity index (χ1v) is 7.18. The Morgan fingerprint density at radius 2 is 2.05 bits per heavy atom. The fraction of sp³-hybridized carbons (Fsp3) is 0.562. The van der Waals surface area contributed by atoms with E-state index in [4.69, 9.17) is 0 Å². The van der Waals surface area contributed by atoms with Crippen molar-refractivity contribution in [2.24, 2.45) is 5.92 Å². The van der Waals surface area contributed by atoms with Crippen LogP contribution in [0, 0.1) is 5.92 Å². The fourth-order valence-corrected chi connectivity index (χ4v) is 2.39. The zero-order valence-corrected chi connectivity index (χ0v) is 11.5. The van der Waals surface area contributed by atoms with E-state index in [9.17, 15) is 9.90 Å².